The summed E-state index contributed by atoms with van der Waals surface area (Å²) in [6.07, 6.45) is 0. The van der Waals surface area contributed by atoms with Gasteiger partial charge in [-0.25, -0.2) is 8.42 Å². The van der Waals surface area contributed by atoms with Crippen LogP contribution in [0.4, 0.5) is 5.69 Å². The second kappa shape index (κ2) is 12.3. The van der Waals surface area contributed by atoms with Crippen LogP contribution in [-0.4, -0.2) is 51.9 Å². The zero-order valence-corrected chi connectivity index (χ0v) is 22.8. The van der Waals surface area contributed by atoms with Crippen molar-refractivity contribution in [1.29, 1.82) is 0 Å². The van der Waals surface area contributed by atoms with Crippen molar-refractivity contribution >= 4 is 50.7 Å². The predicted octanol–water partition coefficient (Wildman–Crippen LogP) is 4.36. The second-order valence-electron chi connectivity index (χ2n) is 8.11. The number of nitrogens with zero attached hydrogens (tertiary/aromatic N) is 2. The first-order valence-electron chi connectivity index (χ1n) is 11.2. The summed E-state index contributed by atoms with van der Waals surface area (Å²) in [5.41, 5.74) is 0.885. The van der Waals surface area contributed by atoms with Crippen LogP contribution < -0.4 is 14.4 Å². The van der Waals surface area contributed by atoms with E-state index < -0.39 is 34.4 Å². The Kier molecular flexibility index (Phi) is 9.42. The normalized spacial score (nSPS) is 11.9. The first-order chi connectivity index (χ1) is 17.6. The third-order valence-electron chi connectivity index (χ3n) is 5.68. The van der Waals surface area contributed by atoms with Crippen molar-refractivity contribution in [2.45, 2.75) is 24.4 Å². The van der Waals surface area contributed by atoms with Gasteiger partial charge in [0, 0.05) is 23.6 Å². The van der Waals surface area contributed by atoms with Crippen molar-refractivity contribution in [1.82, 2.24) is 10.2 Å². The number of likely N-dealkylation sites (N-methyl/N-ethyl adjacent to an activating group) is 1. The molecule has 196 valence electrons. The molecule has 3 aromatic carbocycles. The van der Waals surface area contributed by atoms with Crippen molar-refractivity contribution in [3.05, 3.63) is 88.4 Å². The molecule has 1 atom stereocenters. The molecule has 0 bridgehead atoms. The molecule has 0 aromatic heterocycles. The summed E-state index contributed by atoms with van der Waals surface area (Å²) in [5.74, 6) is -0.507. The fourth-order valence-electron chi connectivity index (χ4n) is 3.66. The van der Waals surface area contributed by atoms with Gasteiger partial charge < -0.3 is 15.0 Å². The number of hydrogen-bond donors (Lipinski definition) is 1. The Morgan fingerprint density at radius 2 is 1.59 bits per heavy atom. The highest BCUT2D eigenvalue weighted by Gasteiger charge is 2.32. The van der Waals surface area contributed by atoms with Crippen molar-refractivity contribution < 1.29 is 22.7 Å². The number of methoxy groups -OCH3 is 1. The SMILES string of the molecule is CNC(=O)[C@@H](C)N(Cc1cccc(Cl)c1)C(=O)CN(c1cccc(Cl)c1)S(=O)(=O)c1ccc(OC)cc1. The lowest BCUT2D eigenvalue weighted by molar-refractivity contribution is -0.139. The van der Waals surface area contributed by atoms with Crippen LogP contribution in [0.25, 0.3) is 0 Å². The van der Waals surface area contributed by atoms with Crippen LogP contribution in [0.1, 0.15) is 12.5 Å². The summed E-state index contributed by atoms with van der Waals surface area (Å²) in [5, 5.41) is 3.31. The third-order valence-corrected chi connectivity index (χ3v) is 7.94. The Labute approximate surface area is 226 Å². The van der Waals surface area contributed by atoms with Gasteiger partial charge in [-0.3, -0.25) is 13.9 Å². The molecule has 8 nitrogen and oxygen atoms in total. The van der Waals surface area contributed by atoms with E-state index in [4.69, 9.17) is 27.9 Å². The van der Waals surface area contributed by atoms with Crippen LogP contribution in [0, 0.1) is 0 Å². The first-order valence-corrected chi connectivity index (χ1v) is 13.4. The number of anilines is 1. The molecular weight excluding hydrogens is 537 g/mol. The molecule has 0 radical (unpaired) electrons. The highest BCUT2D eigenvalue weighted by atomic mass is 35.5. The van der Waals surface area contributed by atoms with Gasteiger partial charge in [0.1, 0.15) is 18.3 Å². The topological polar surface area (TPSA) is 96.0 Å². The van der Waals surface area contributed by atoms with E-state index in [2.05, 4.69) is 5.32 Å². The Balaban J connectivity index is 2.03. The van der Waals surface area contributed by atoms with E-state index in [1.54, 1.807) is 49.4 Å². The Morgan fingerprint density at radius 3 is 2.16 bits per heavy atom. The van der Waals surface area contributed by atoms with E-state index in [0.29, 0.717) is 21.4 Å². The number of ether oxygens (including phenoxy) is 1. The Morgan fingerprint density at radius 1 is 0.973 bits per heavy atom. The van der Waals surface area contributed by atoms with Crippen LogP contribution in [0.5, 0.6) is 5.75 Å². The lowest BCUT2D eigenvalue weighted by Crippen LogP contribution is -2.50. The number of benzene rings is 3. The van der Waals surface area contributed by atoms with E-state index in [1.165, 1.54) is 49.4 Å². The molecule has 1 N–H and O–H groups in total. The number of hydrogen-bond acceptors (Lipinski definition) is 5. The van der Waals surface area contributed by atoms with Gasteiger partial charge in [0.15, 0.2) is 0 Å². The second-order valence-corrected chi connectivity index (χ2v) is 10.8. The smallest absolute Gasteiger partial charge is 0.264 e. The van der Waals surface area contributed by atoms with Crippen molar-refractivity contribution in [2.24, 2.45) is 0 Å². The van der Waals surface area contributed by atoms with Crippen LogP contribution in [0.15, 0.2) is 77.7 Å². The molecule has 0 heterocycles. The molecule has 0 saturated heterocycles. The predicted molar refractivity (Wildman–Crippen MR) is 145 cm³/mol. The van der Waals surface area contributed by atoms with Gasteiger partial charge in [-0.1, -0.05) is 41.4 Å². The van der Waals surface area contributed by atoms with Gasteiger partial charge in [-0.15, -0.1) is 0 Å². The van der Waals surface area contributed by atoms with E-state index >= 15 is 0 Å². The molecule has 2 amide bonds. The molecule has 0 aliphatic heterocycles. The van der Waals surface area contributed by atoms with E-state index in [-0.39, 0.29) is 17.1 Å². The molecule has 3 aromatic rings. The molecular formula is C26H27Cl2N3O5S. The number of sulfonamides is 1. The van der Waals surface area contributed by atoms with Gasteiger partial charge in [0.05, 0.1) is 17.7 Å². The largest absolute Gasteiger partial charge is 0.497 e. The summed E-state index contributed by atoms with van der Waals surface area (Å²) in [6, 6.07) is 18.0. The summed E-state index contributed by atoms with van der Waals surface area (Å²) in [6.45, 7) is 1.04. The molecule has 3 rings (SSSR count). The van der Waals surface area contributed by atoms with Crippen LogP contribution in [-0.2, 0) is 26.2 Å². The Bertz CT molecular complexity index is 1370. The quantitative estimate of drug-likeness (QED) is 0.395. The minimum absolute atomic E-state index is 0.0400. The lowest BCUT2D eigenvalue weighted by atomic mass is 10.1. The van der Waals surface area contributed by atoms with Crippen molar-refractivity contribution in [2.75, 3.05) is 25.0 Å². The summed E-state index contributed by atoms with van der Waals surface area (Å²) in [7, 11) is -1.27. The van der Waals surface area contributed by atoms with Gasteiger partial charge in [0.2, 0.25) is 11.8 Å². The standard InChI is InChI=1S/C26H27Cl2N3O5S/c1-18(26(33)29-2)30(16-19-6-4-7-20(27)14-19)25(32)17-31(22-9-5-8-21(28)15-22)37(34,35)24-12-10-23(36-3)11-13-24/h4-15,18H,16-17H2,1-3H3,(H,29,33)/t18-/m1/s1. The molecule has 0 unspecified atom stereocenters. The zero-order chi connectivity index (χ0) is 27.2. The highest BCUT2D eigenvalue weighted by molar-refractivity contribution is 7.92. The minimum atomic E-state index is -4.21. The maximum absolute atomic E-state index is 13.7. The minimum Gasteiger partial charge on any atom is -0.497 e. The number of carbonyl (C=O) groups excluding carboxylic acids is 2. The molecule has 37 heavy (non-hydrogen) atoms. The van der Waals surface area contributed by atoms with Crippen LogP contribution in [0.3, 0.4) is 0 Å². The highest BCUT2D eigenvalue weighted by Crippen LogP contribution is 2.28. The summed E-state index contributed by atoms with van der Waals surface area (Å²) >= 11 is 12.3. The van der Waals surface area contributed by atoms with E-state index in [1.807, 2.05) is 0 Å². The molecule has 0 saturated carbocycles. The Hall–Kier alpha value is -3.27. The summed E-state index contributed by atoms with van der Waals surface area (Å²) in [4.78, 5) is 27.5. The molecule has 11 heteroatoms. The average Bonchev–Trinajstić information content (AvgIpc) is 2.89. The number of halogens is 2. The van der Waals surface area contributed by atoms with E-state index in [9.17, 15) is 18.0 Å². The lowest BCUT2D eigenvalue weighted by Gasteiger charge is -2.31. The maximum Gasteiger partial charge on any atom is 0.264 e. The molecule has 0 aliphatic rings. The van der Waals surface area contributed by atoms with Crippen LogP contribution >= 0.6 is 23.2 Å². The third kappa shape index (κ3) is 6.94. The maximum atomic E-state index is 13.7. The number of rotatable bonds is 10. The number of nitrogens with one attached hydrogen (secondary N) is 1. The zero-order valence-electron chi connectivity index (χ0n) is 20.5. The number of amides is 2. The summed E-state index contributed by atoms with van der Waals surface area (Å²) < 4.78 is 33.6. The van der Waals surface area contributed by atoms with E-state index in [0.717, 1.165) is 4.31 Å². The average molecular weight is 564 g/mol. The monoisotopic (exact) mass is 563 g/mol. The molecule has 0 fully saturated rings. The fourth-order valence-corrected chi connectivity index (χ4v) is 5.46. The van der Waals surface area contributed by atoms with Gasteiger partial charge in [-0.2, -0.15) is 0 Å². The first kappa shape index (κ1) is 28.3. The molecule has 0 spiro atoms. The number of carbonyl (C=O) groups is 2. The van der Waals surface area contributed by atoms with Gasteiger partial charge >= 0.3 is 0 Å². The van der Waals surface area contributed by atoms with Gasteiger partial charge in [-0.05, 0) is 67.1 Å². The van der Waals surface area contributed by atoms with Crippen LogP contribution in [0.2, 0.25) is 10.0 Å². The van der Waals surface area contributed by atoms with Crippen molar-refractivity contribution in [3.63, 3.8) is 0 Å². The molecule has 0 aliphatic carbocycles. The van der Waals surface area contributed by atoms with Crippen molar-refractivity contribution in [3.8, 4) is 5.75 Å². The van der Waals surface area contributed by atoms with Gasteiger partial charge in [0.25, 0.3) is 10.0 Å². The fraction of sp³-hybridized carbons (Fsp3) is 0.231.